The molecule has 1 saturated heterocycles. The van der Waals surface area contributed by atoms with E-state index in [0.29, 0.717) is 5.92 Å². The minimum absolute atomic E-state index is 0.699. The molecule has 1 fully saturated rings. The van der Waals surface area contributed by atoms with E-state index in [4.69, 9.17) is 0 Å². The summed E-state index contributed by atoms with van der Waals surface area (Å²) < 4.78 is 0. The van der Waals surface area contributed by atoms with E-state index in [1.807, 2.05) is 0 Å². The third-order valence-electron chi connectivity index (χ3n) is 3.79. The van der Waals surface area contributed by atoms with Crippen LogP contribution in [-0.2, 0) is 6.42 Å². The van der Waals surface area contributed by atoms with E-state index in [9.17, 15) is 0 Å². The smallest absolute Gasteiger partial charge is 0.00207 e. The third-order valence-corrected chi connectivity index (χ3v) is 3.79. The zero-order valence-corrected chi connectivity index (χ0v) is 10.6. The second-order valence-electron chi connectivity index (χ2n) is 5.05. The maximum atomic E-state index is 3.46. The highest BCUT2D eigenvalue weighted by Gasteiger charge is 2.18. The predicted octanol–water partition coefficient (Wildman–Crippen LogP) is 3.35. The highest BCUT2D eigenvalue weighted by Crippen LogP contribution is 2.27. The van der Waals surface area contributed by atoms with Gasteiger partial charge in [-0.25, -0.2) is 0 Å². The van der Waals surface area contributed by atoms with Crippen LogP contribution in [0.25, 0.3) is 0 Å². The van der Waals surface area contributed by atoms with Crippen molar-refractivity contribution < 1.29 is 0 Å². The van der Waals surface area contributed by atoms with E-state index in [0.717, 1.165) is 19.5 Å². The summed E-state index contributed by atoms with van der Waals surface area (Å²) >= 11 is 0. The van der Waals surface area contributed by atoms with Crippen molar-refractivity contribution in [3.8, 4) is 0 Å². The number of hydrogen-bond acceptors (Lipinski definition) is 1. The molecule has 1 N–H and O–H groups in total. The monoisotopic (exact) mass is 237 g/mol. The molecule has 18 heavy (non-hydrogen) atoms. The fraction of sp³-hybridized carbons (Fsp3) is 0.294. The van der Waals surface area contributed by atoms with Crippen molar-refractivity contribution in [3.05, 3.63) is 71.3 Å². The highest BCUT2D eigenvalue weighted by atomic mass is 14.9. The van der Waals surface area contributed by atoms with Crippen LogP contribution in [0.15, 0.2) is 54.6 Å². The Labute approximate surface area is 109 Å². The average molecular weight is 237 g/mol. The van der Waals surface area contributed by atoms with Gasteiger partial charge in [0.2, 0.25) is 0 Å². The van der Waals surface area contributed by atoms with Crippen LogP contribution in [0.4, 0.5) is 0 Å². The van der Waals surface area contributed by atoms with E-state index in [-0.39, 0.29) is 0 Å². The van der Waals surface area contributed by atoms with Crippen LogP contribution in [0.5, 0.6) is 0 Å². The standard InChI is InChI=1S/C17H19N/c1-2-6-14(7-3-1)12-15-8-4-5-9-17(15)16-10-11-18-13-16/h1-9,16,18H,10-13H2. The molecule has 0 bridgehead atoms. The Morgan fingerprint density at radius 3 is 2.50 bits per heavy atom. The fourth-order valence-electron chi connectivity index (χ4n) is 2.83. The summed E-state index contributed by atoms with van der Waals surface area (Å²) in [6.07, 6.45) is 2.32. The average Bonchev–Trinajstić information content (AvgIpc) is 2.94. The molecule has 1 aliphatic heterocycles. The van der Waals surface area contributed by atoms with E-state index in [1.54, 1.807) is 0 Å². The fourth-order valence-corrected chi connectivity index (χ4v) is 2.83. The van der Waals surface area contributed by atoms with Gasteiger partial charge in [-0.1, -0.05) is 54.6 Å². The molecule has 2 aromatic carbocycles. The minimum atomic E-state index is 0.699. The van der Waals surface area contributed by atoms with Gasteiger partial charge in [0.05, 0.1) is 0 Å². The minimum Gasteiger partial charge on any atom is -0.316 e. The van der Waals surface area contributed by atoms with Crippen LogP contribution in [0, 0.1) is 0 Å². The third kappa shape index (κ3) is 2.46. The molecule has 0 radical (unpaired) electrons. The van der Waals surface area contributed by atoms with Gasteiger partial charge < -0.3 is 5.32 Å². The van der Waals surface area contributed by atoms with E-state index < -0.39 is 0 Å². The molecule has 0 saturated carbocycles. The summed E-state index contributed by atoms with van der Waals surface area (Å²) in [5.74, 6) is 0.699. The first-order chi connectivity index (χ1) is 8.93. The molecule has 1 heterocycles. The highest BCUT2D eigenvalue weighted by molar-refractivity contribution is 5.35. The Bertz CT molecular complexity index is 498. The van der Waals surface area contributed by atoms with E-state index in [2.05, 4.69) is 59.9 Å². The van der Waals surface area contributed by atoms with Crippen LogP contribution in [0.3, 0.4) is 0 Å². The van der Waals surface area contributed by atoms with Crippen LogP contribution < -0.4 is 5.32 Å². The molecule has 1 heteroatoms. The van der Waals surface area contributed by atoms with Crippen molar-refractivity contribution >= 4 is 0 Å². The first-order valence-electron chi connectivity index (χ1n) is 6.76. The summed E-state index contributed by atoms with van der Waals surface area (Å²) in [5.41, 5.74) is 4.42. The molecule has 1 unspecified atom stereocenters. The lowest BCUT2D eigenvalue weighted by atomic mass is 9.90. The molecular formula is C17H19N. The summed E-state index contributed by atoms with van der Waals surface area (Å²) in [7, 11) is 0. The Morgan fingerprint density at radius 1 is 0.944 bits per heavy atom. The molecule has 3 rings (SSSR count). The molecular weight excluding hydrogens is 218 g/mol. The number of benzene rings is 2. The van der Waals surface area contributed by atoms with Gasteiger partial charge in [0.1, 0.15) is 0 Å². The van der Waals surface area contributed by atoms with Crippen molar-refractivity contribution in [2.24, 2.45) is 0 Å². The van der Waals surface area contributed by atoms with Gasteiger partial charge >= 0.3 is 0 Å². The molecule has 0 amide bonds. The Kier molecular flexibility index (Phi) is 3.42. The van der Waals surface area contributed by atoms with Gasteiger partial charge in [-0.05, 0) is 42.0 Å². The first-order valence-corrected chi connectivity index (χ1v) is 6.76. The van der Waals surface area contributed by atoms with Gasteiger partial charge in [0.15, 0.2) is 0 Å². The van der Waals surface area contributed by atoms with Gasteiger partial charge in [-0.3, -0.25) is 0 Å². The molecule has 0 aromatic heterocycles. The molecule has 0 spiro atoms. The molecule has 1 nitrogen and oxygen atoms in total. The summed E-state index contributed by atoms with van der Waals surface area (Å²) in [6, 6.07) is 19.6. The van der Waals surface area contributed by atoms with Gasteiger partial charge in [-0.2, -0.15) is 0 Å². The lowest BCUT2D eigenvalue weighted by molar-refractivity contribution is 0.753. The van der Waals surface area contributed by atoms with Gasteiger partial charge in [0, 0.05) is 6.54 Å². The largest absolute Gasteiger partial charge is 0.316 e. The quantitative estimate of drug-likeness (QED) is 0.863. The SMILES string of the molecule is c1ccc(Cc2ccccc2C2CCNC2)cc1. The Morgan fingerprint density at radius 2 is 1.72 bits per heavy atom. The van der Waals surface area contributed by atoms with Crippen molar-refractivity contribution in [2.75, 3.05) is 13.1 Å². The molecule has 1 atom stereocenters. The van der Waals surface area contributed by atoms with E-state index >= 15 is 0 Å². The zero-order chi connectivity index (χ0) is 12.2. The van der Waals surface area contributed by atoms with Crippen molar-refractivity contribution in [2.45, 2.75) is 18.8 Å². The second kappa shape index (κ2) is 5.36. The van der Waals surface area contributed by atoms with Crippen molar-refractivity contribution in [3.63, 3.8) is 0 Å². The van der Waals surface area contributed by atoms with Crippen LogP contribution >= 0.6 is 0 Å². The molecule has 1 aliphatic rings. The maximum Gasteiger partial charge on any atom is 0.00207 e. The molecule has 0 aliphatic carbocycles. The van der Waals surface area contributed by atoms with Crippen LogP contribution in [0.1, 0.15) is 29.0 Å². The van der Waals surface area contributed by atoms with Gasteiger partial charge in [-0.15, -0.1) is 0 Å². The van der Waals surface area contributed by atoms with Crippen molar-refractivity contribution in [1.29, 1.82) is 0 Å². The Balaban J connectivity index is 1.87. The summed E-state index contributed by atoms with van der Waals surface area (Å²) in [4.78, 5) is 0. The lowest BCUT2D eigenvalue weighted by Gasteiger charge is -2.14. The summed E-state index contributed by atoms with van der Waals surface area (Å²) in [6.45, 7) is 2.29. The van der Waals surface area contributed by atoms with Crippen LogP contribution in [0.2, 0.25) is 0 Å². The summed E-state index contributed by atoms with van der Waals surface area (Å²) in [5, 5.41) is 3.46. The van der Waals surface area contributed by atoms with Crippen molar-refractivity contribution in [1.82, 2.24) is 5.32 Å². The lowest BCUT2D eigenvalue weighted by Crippen LogP contribution is -2.09. The van der Waals surface area contributed by atoms with Gasteiger partial charge in [0.25, 0.3) is 0 Å². The Hall–Kier alpha value is -1.60. The normalized spacial score (nSPS) is 19.0. The van der Waals surface area contributed by atoms with Crippen LogP contribution in [-0.4, -0.2) is 13.1 Å². The molecule has 92 valence electrons. The number of rotatable bonds is 3. The van der Waals surface area contributed by atoms with E-state index in [1.165, 1.54) is 23.1 Å². The first kappa shape index (κ1) is 11.5. The topological polar surface area (TPSA) is 12.0 Å². The number of nitrogens with one attached hydrogen (secondary N) is 1. The predicted molar refractivity (Wildman–Crippen MR) is 75.9 cm³/mol. The molecule has 2 aromatic rings. The second-order valence-corrected chi connectivity index (χ2v) is 5.05. The zero-order valence-electron chi connectivity index (χ0n) is 10.6. The maximum absolute atomic E-state index is 3.46. The number of hydrogen-bond donors (Lipinski definition) is 1.